The number of rotatable bonds is 33. The minimum atomic E-state index is -0.364. The monoisotopic (exact) mass is 769 g/mol. The molecule has 3 aromatic carbocycles. The van der Waals surface area contributed by atoms with Crippen molar-refractivity contribution in [3.8, 4) is 16.9 Å². The van der Waals surface area contributed by atoms with Crippen LogP contribution in [0.1, 0.15) is 17.0 Å². The predicted molar refractivity (Wildman–Crippen MR) is 207 cm³/mol. The summed E-state index contributed by atoms with van der Waals surface area (Å²) in [5.41, 5.74) is 4.80. The van der Waals surface area contributed by atoms with Gasteiger partial charge in [-0.1, -0.05) is 66.7 Å². The minimum Gasteiger partial charge on any atom is -0.491 e. The van der Waals surface area contributed by atoms with Crippen LogP contribution in [0.4, 0.5) is 4.79 Å². The number of fused-ring (bicyclic) bond motifs is 3. The number of carbonyl (C=O) groups excluding carboxylic acids is 1. The Bertz CT molecular complexity index is 1370. The van der Waals surface area contributed by atoms with E-state index >= 15 is 0 Å². The Hall–Kier alpha value is -3.63. The number of hydrogen-bond acceptors (Lipinski definition) is 12. The molecule has 0 radical (unpaired) electrons. The van der Waals surface area contributed by atoms with Gasteiger partial charge in [-0.25, -0.2) is 4.79 Å². The molecule has 0 fully saturated rings. The van der Waals surface area contributed by atoms with Gasteiger partial charge in [-0.05, 0) is 34.4 Å². The van der Waals surface area contributed by atoms with Crippen molar-refractivity contribution >= 4 is 6.09 Å². The largest absolute Gasteiger partial charge is 0.491 e. The Morgan fingerprint density at radius 1 is 0.455 bits per heavy atom. The molecule has 0 saturated heterocycles. The van der Waals surface area contributed by atoms with Crippen molar-refractivity contribution in [1.82, 2.24) is 4.90 Å². The quantitative estimate of drug-likeness (QED) is 0.0767. The van der Waals surface area contributed by atoms with Crippen molar-refractivity contribution in [3.05, 3.63) is 90.0 Å². The second-order valence-electron chi connectivity index (χ2n) is 12.4. The van der Waals surface area contributed by atoms with Gasteiger partial charge < -0.3 is 57.0 Å². The highest BCUT2D eigenvalue weighted by atomic mass is 16.6. The average Bonchev–Trinajstić information content (AvgIpc) is 3.54. The topological polar surface area (TPSA) is 122 Å². The van der Waals surface area contributed by atoms with Crippen LogP contribution in [0.2, 0.25) is 0 Å². The molecular weight excluding hydrogens is 710 g/mol. The molecule has 13 nitrogen and oxygen atoms in total. The summed E-state index contributed by atoms with van der Waals surface area (Å²) in [6.45, 7) is 9.97. The van der Waals surface area contributed by atoms with Gasteiger partial charge >= 0.3 is 6.09 Å². The molecule has 0 bridgehead atoms. The van der Waals surface area contributed by atoms with Gasteiger partial charge in [0.05, 0.1) is 119 Å². The predicted octanol–water partition coefficient (Wildman–Crippen LogP) is 5.10. The van der Waals surface area contributed by atoms with Crippen molar-refractivity contribution in [2.45, 2.75) is 5.92 Å². The van der Waals surface area contributed by atoms with Gasteiger partial charge in [-0.2, -0.15) is 0 Å². The number of nitrogens with zero attached hydrogens (tertiary/aromatic N) is 1. The maximum atomic E-state index is 12.6. The van der Waals surface area contributed by atoms with Crippen LogP contribution in [0, 0.1) is 0 Å². The van der Waals surface area contributed by atoms with E-state index in [1.807, 2.05) is 54.6 Å². The van der Waals surface area contributed by atoms with Crippen LogP contribution in [0.25, 0.3) is 11.1 Å². The number of para-hydroxylation sites is 1. The molecule has 0 aliphatic heterocycles. The molecule has 1 amide bonds. The number of hydrogen-bond donors (Lipinski definition) is 0. The normalized spacial score (nSPS) is 12.1. The summed E-state index contributed by atoms with van der Waals surface area (Å²) in [4.78, 5) is 14.1. The van der Waals surface area contributed by atoms with Crippen LogP contribution in [-0.4, -0.2) is 157 Å². The van der Waals surface area contributed by atoms with E-state index in [-0.39, 0.29) is 12.0 Å². The van der Waals surface area contributed by atoms with E-state index in [2.05, 4.69) is 24.3 Å². The molecule has 13 heteroatoms. The summed E-state index contributed by atoms with van der Waals surface area (Å²) in [5, 5.41) is 0. The van der Waals surface area contributed by atoms with Crippen LogP contribution in [-0.2, 0) is 47.4 Å². The molecule has 0 saturated carbocycles. The van der Waals surface area contributed by atoms with Crippen LogP contribution in [0.15, 0.2) is 78.9 Å². The molecule has 3 aromatic rings. The van der Waals surface area contributed by atoms with E-state index in [9.17, 15) is 4.79 Å². The van der Waals surface area contributed by atoms with Gasteiger partial charge in [0.15, 0.2) is 0 Å². The summed E-state index contributed by atoms with van der Waals surface area (Å²) in [5.74, 6) is 0.879. The standard InChI is InChI=1S/C42H59NO12/c1-43(42(44)55-35-41-39-13-7-5-11-37(39)38-12-6-8-14-40(38)41)15-16-45-17-18-46-19-20-47-21-22-48-23-24-49-25-26-50-27-28-51-29-30-52-31-32-53-33-34-54-36-9-3-2-4-10-36/h2-14,41H,15-35H2,1H3. The van der Waals surface area contributed by atoms with Crippen LogP contribution >= 0.6 is 0 Å². The number of carbonyl (C=O) groups is 1. The highest BCUT2D eigenvalue weighted by Gasteiger charge is 2.29. The van der Waals surface area contributed by atoms with Crippen LogP contribution < -0.4 is 4.74 Å². The third-order valence-electron chi connectivity index (χ3n) is 8.43. The summed E-state index contributed by atoms with van der Waals surface area (Å²) in [7, 11) is 1.71. The molecule has 1 aliphatic rings. The molecule has 1 aliphatic carbocycles. The lowest BCUT2D eigenvalue weighted by atomic mass is 9.98. The molecule has 0 aromatic heterocycles. The highest BCUT2D eigenvalue weighted by molar-refractivity contribution is 5.79. The minimum absolute atomic E-state index is 0.0386. The maximum Gasteiger partial charge on any atom is 0.409 e. The second kappa shape index (κ2) is 28.7. The maximum absolute atomic E-state index is 12.6. The first kappa shape index (κ1) is 44.1. The van der Waals surface area contributed by atoms with Gasteiger partial charge in [0.25, 0.3) is 0 Å². The van der Waals surface area contributed by atoms with E-state index in [1.165, 1.54) is 27.2 Å². The first-order valence-corrected chi connectivity index (χ1v) is 19.2. The number of ether oxygens (including phenoxy) is 11. The third-order valence-corrected chi connectivity index (χ3v) is 8.43. The van der Waals surface area contributed by atoms with E-state index in [0.29, 0.717) is 139 Å². The molecule has 0 N–H and O–H groups in total. The van der Waals surface area contributed by atoms with Crippen molar-refractivity contribution < 1.29 is 56.9 Å². The molecule has 0 heterocycles. The summed E-state index contributed by atoms with van der Waals surface area (Å²) in [6.07, 6.45) is -0.364. The molecule has 304 valence electrons. The molecular formula is C42H59NO12. The van der Waals surface area contributed by atoms with Crippen molar-refractivity contribution in [2.24, 2.45) is 0 Å². The zero-order valence-electron chi connectivity index (χ0n) is 32.3. The van der Waals surface area contributed by atoms with Crippen molar-refractivity contribution in [2.75, 3.05) is 146 Å². The highest BCUT2D eigenvalue weighted by Crippen LogP contribution is 2.44. The second-order valence-corrected chi connectivity index (χ2v) is 12.4. The zero-order valence-corrected chi connectivity index (χ0v) is 32.3. The van der Waals surface area contributed by atoms with E-state index in [0.717, 1.165) is 5.75 Å². The van der Waals surface area contributed by atoms with E-state index < -0.39 is 0 Å². The fraction of sp³-hybridized carbons (Fsp3) is 0.548. The van der Waals surface area contributed by atoms with E-state index in [4.69, 9.17) is 52.1 Å². The summed E-state index contributed by atoms with van der Waals surface area (Å²) in [6, 6.07) is 26.3. The Kier molecular flexibility index (Phi) is 23.0. The Balaban J connectivity index is 0.808. The lowest BCUT2D eigenvalue weighted by Crippen LogP contribution is -2.32. The lowest BCUT2D eigenvalue weighted by Gasteiger charge is -2.19. The Labute approximate surface area is 325 Å². The molecule has 0 spiro atoms. The van der Waals surface area contributed by atoms with Gasteiger partial charge in [0, 0.05) is 19.5 Å². The fourth-order valence-electron chi connectivity index (χ4n) is 5.59. The van der Waals surface area contributed by atoms with Crippen LogP contribution in [0.3, 0.4) is 0 Å². The van der Waals surface area contributed by atoms with Crippen molar-refractivity contribution in [1.29, 1.82) is 0 Å². The summed E-state index contributed by atoms with van der Waals surface area (Å²) < 4.78 is 60.9. The van der Waals surface area contributed by atoms with Crippen molar-refractivity contribution in [3.63, 3.8) is 0 Å². The van der Waals surface area contributed by atoms with Gasteiger partial charge in [-0.15, -0.1) is 0 Å². The van der Waals surface area contributed by atoms with Gasteiger partial charge in [0.2, 0.25) is 0 Å². The number of amides is 1. The first-order valence-electron chi connectivity index (χ1n) is 19.2. The first-order chi connectivity index (χ1) is 27.2. The smallest absolute Gasteiger partial charge is 0.409 e. The molecule has 4 rings (SSSR count). The van der Waals surface area contributed by atoms with E-state index in [1.54, 1.807) is 7.05 Å². The average molecular weight is 770 g/mol. The molecule has 55 heavy (non-hydrogen) atoms. The number of likely N-dealkylation sites (N-methyl/N-ethyl adjacent to an activating group) is 1. The van der Waals surface area contributed by atoms with Crippen LogP contribution in [0.5, 0.6) is 5.75 Å². The molecule has 0 unspecified atom stereocenters. The Morgan fingerprint density at radius 3 is 1.22 bits per heavy atom. The Morgan fingerprint density at radius 2 is 0.800 bits per heavy atom. The summed E-state index contributed by atoms with van der Waals surface area (Å²) >= 11 is 0. The lowest BCUT2D eigenvalue weighted by molar-refractivity contribution is -0.0255. The van der Waals surface area contributed by atoms with Gasteiger partial charge in [0.1, 0.15) is 19.0 Å². The van der Waals surface area contributed by atoms with Gasteiger partial charge in [-0.3, -0.25) is 0 Å². The third kappa shape index (κ3) is 18.2. The SMILES string of the molecule is CN(CCOCCOCCOCCOCCOCCOCCOCCOCCOCCOc1ccccc1)C(=O)OCC1c2ccccc2-c2ccccc21. The number of benzene rings is 3. The zero-order chi connectivity index (χ0) is 38.4. The molecule has 0 atom stereocenters. The fourth-order valence-corrected chi connectivity index (χ4v) is 5.59.